The van der Waals surface area contributed by atoms with Crippen LogP contribution >= 0.6 is 0 Å². The van der Waals surface area contributed by atoms with Gasteiger partial charge in [0, 0.05) is 12.2 Å². The Morgan fingerprint density at radius 1 is 1.62 bits per heavy atom. The summed E-state index contributed by atoms with van der Waals surface area (Å²) < 4.78 is 6.82. The second-order valence-electron chi connectivity index (χ2n) is 3.11. The molecule has 0 unspecified atom stereocenters. The molecule has 1 rings (SSSR count). The van der Waals surface area contributed by atoms with Crippen molar-refractivity contribution in [2.24, 2.45) is 0 Å². The summed E-state index contributed by atoms with van der Waals surface area (Å²) in [5.41, 5.74) is 0.622. The maximum absolute atomic E-state index is 11.4. The molecule has 1 aromatic rings. The molecule has 72 valence electrons. The molecule has 0 atom stereocenters. The first-order chi connectivity index (χ1) is 6.16. The molecular weight excluding hydrogens is 166 g/mol. The predicted molar refractivity (Wildman–Crippen MR) is 50.8 cm³/mol. The van der Waals surface area contributed by atoms with Crippen LogP contribution in [-0.2, 0) is 4.74 Å². The van der Waals surface area contributed by atoms with E-state index in [9.17, 15) is 4.79 Å². The van der Waals surface area contributed by atoms with Gasteiger partial charge < -0.3 is 9.30 Å². The fourth-order valence-electron chi connectivity index (χ4n) is 1.22. The summed E-state index contributed by atoms with van der Waals surface area (Å²) in [7, 11) is 0. The van der Waals surface area contributed by atoms with Gasteiger partial charge in [-0.3, -0.25) is 0 Å². The fraction of sp³-hybridized carbons (Fsp3) is 0.500. The number of rotatable bonds is 3. The zero-order valence-electron chi connectivity index (χ0n) is 8.28. The lowest BCUT2D eigenvalue weighted by Crippen LogP contribution is -2.12. The quantitative estimate of drug-likeness (QED) is 0.670. The Kier molecular flexibility index (Phi) is 3.12. The molecular formula is C10H15NO2. The summed E-state index contributed by atoms with van der Waals surface area (Å²) in [5.74, 6) is -0.249. The summed E-state index contributed by atoms with van der Waals surface area (Å²) >= 11 is 0. The molecule has 13 heavy (non-hydrogen) atoms. The Balaban J connectivity index is 2.87. The highest BCUT2D eigenvalue weighted by Crippen LogP contribution is 2.11. The molecule has 0 aromatic carbocycles. The average Bonchev–Trinajstić information content (AvgIpc) is 2.52. The van der Waals surface area contributed by atoms with Crippen molar-refractivity contribution in [2.45, 2.75) is 26.8 Å². The lowest BCUT2D eigenvalue weighted by molar-refractivity contribution is 0.0512. The van der Waals surface area contributed by atoms with E-state index in [-0.39, 0.29) is 12.0 Å². The minimum atomic E-state index is -0.249. The molecule has 0 aliphatic carbocycles. The smallest absolute Gasteiger partial charge is 0.354 e. The summed E-state index contributed by atoms with van der Waals surface area (Å²) in [6, 6.07) is 3.92. The zero-order valence-corrected chi connectivity index (χ0v) is 8.28. The van der Waals surface area contributed by atoms with Crippen LogP contribution in [0.3, 0.4) is 0 Å². The van der Waals surface area contributed by atoms with Gasteiger partial charge in [0.25, 0.3) is 0 Å². The van der Waals surface area contributed by atoms with Crippen LogP contribution < -0.4 is 0 Å². The third-order valence-electron chi connectivity index (χ3n) is 1.82. The van der Waals surface area contributed by atoms with Crippen LogP contribution in [0.25, 0.3) is 0 Å². The van der Waals surface area contributed by atoms with Crippen LogP contribution in [0.2, 0.25) is 0 Å². The molecule has 0 spiro atoms. The molecule has 0 aliphatic rings. The van der Waals surface area contributed by atoms with Crippen molar-refractivity contribution in [3.8, 4) is 0 Å². The van der Waals surface area contributed by atoms with Gasteiger partial charge in [0.2, 0.25) is 0 Å². The van der Waals surface area contributed by atoms with E-state index < -0.39 is 0 Å². The molecule has 0 saturated heterocycles. The number of aromatic nitrogens is 1. The Hall–Kier alpha value is -1.25. The average molecular weight is 181 g/mol. The van der Waals surface area contributed by atoms with Crippen molar-refractivity contribution in [2.75, 3.05) is 6.61 Å². The van der Waals surface area contributed by atoms with Gasteiger partial charge in [0.05, 0.1) is 6.61 Å². The normalized spacial score (nSPS) is 10.5. The highest BCUT2D eigenvalue weighted by molar-refractivity contribution is 5.87. The van der Waals surface area contributed by atoms with Crippen molar-refractivity contribution in [1.82, 2.24) is 4.57 Å². The monoisotopic (exact) mass is 181 g/mol. The van der Waals surface area contributed by atoms with Crippen LogP contribution in [0.1, 0.15) is 37.3 Å². The molecule has 0 bridgehead atoms. The third kappa shape index (κ3) is 2.11. The Morgan fingerprint density at radius 3 is 2.85 bits per heavy atom. The fourth-order valence-corrected chi connectivity index (χ4v) is 1.22. The molecule has 3 heteroatoms. The number of hydrogen-bond donors (Lipinski definition) is 0. The van der Waals surface area contributed by atoms with E-state index in [0.29, 0.717) is 12.3 Å². The van der Waals surface area contributed by atoms with Crippen molar-refractivity contribution >= 4 is 5.97 Å². The summed E-state index contributed by atoms with van der Waals surface area (Å²) in [5, 5.41) is 0. The van der Waals surface area contributed by atoms with Gasteiger partial charge in [-0.1, -0.05) is 0 Å². The summed E-state index contributed by atoms with van der Waals surface area (Å²) in [6.45, 7) is 6.29. The number of nitrogens with zero attached hydrogens (tertiary/aromatic N) is 1. The van der Waals surface area contributed by atoms with E-state index in [1.807, 2.05) is 30.7 Å². The van der Waals surface area contributed by atoms with Crippen LogP contribution in [0, 0.1) is 0 Å². The number of carbonyl (C=O) groups excluding carboxylic acids is 1. The highest BCUT2D eigenvalue weighted by atomic mass is 16.5. The second-order valence-corrected chi connectivity index (χ2v) is 3.11. The topological polar surface area (TPSA) is 31.2 Å². The second kappa shape index (κ2) is 4.12. The lowest BCUT2D eigenvalue weighted by Gasteiger charge is -2.11. The van der Waals surface area contributed by atoms with E-state index in [1.165, 1.54) is 0 Å². The van der Waals surface area contributed by atoms with E-state index in [4.69, 9.17) is 4.74 Å². The van der Waals surface area contributed by atoms with Crippen molar-refractivity contribution in [3.63, 3.8) is 0 Å². The van der Waals surface area contributed by atoms with Crippen LogP contribution in [0.5, 0.6) is 0 Å². The first-order valence-electron chi connectivity index (χ1n) is 4.50. The number of hydrogen-bond acceptors (Lipinski definition) is 2. The molecule has 0 amide bonds. The zero-order chi connectivity index (χ0) is 9.84. The van der Waals surface area contributed by atoms with Crippen molar-refractivity contribution in [3.05, 3.63) is 24.0 Å². The van der Waals surface area contributed by atoms with Gasteiger partial charge in [-0.25, -0.2) is 4.79 Å². The van der Waals surface area contributed by atoms with Crippen LogP contribution in [-0.4, -0.2) is 17.1 Å². The van der Waals surface area contributed by atoms with Gasteiger partial charge >= 0.3 is 5.97 Å². The van der Waals surface area contributed by atoms with E-state index >= 15 is 0 Å². The highest BCUT2D eigenvalue weighted by Gasteiger charge is 2.12. The minimum absolute atomic E-state index is 0.249. The Morgan fingerprint density at radius 2 is 2.31 bits per heavy atom. The minimum Gasteiger partial charge on any atom is -0.461 e. The summed E-state index contributed by atoms with van der Waals surface area (Å²) in [6.07, 6.45) is 1.89. The first-order valence-corrected chi connectivity index (χ1v) is 4.50. The number of carbonyl (C=O) groups is 1. The predicted octanol–water partition coefficient (Wildman–Crippen LogP) is 2.25. The van der Waals surface area contributed by atoms with Crippen molar-refractivity contribution in [1.29, 1.82) is 0 Å². The van der Waals surface area contributed by atoms with Gasteiger partial charge in [-0.2, -0.15) is 0 Å². The molecule has 1 aromatic heterocycles. The molecule has 0 aliphatic heterocycles. The Labute approximate surface area is 78.3 Å². The molecule has 0 fully saturated rings. The van der Waals surface area contributed by atoms with Gasteiger partial charge in [0.15, 0.2) is 0 Å². The maximum atomic E-state index is 11.4. The van der Waals surface area contributed by atoms with E-state index in [2.05, 4.69) is 0 Å². The maximum Gasteiger partial charge on any atom is 0.354 e. The van der Waals surface area contributed by atoms with Gasteiger partial charge in [-0.05, 0) is 32.9 Å². The van der Waals surface area contributed by atoms with Gasteiger partial charge in [0.1, 0.15) is 5.69 Å². The molecule has 1 heterocycles. The number of esters is 1. The first kappa shape index (κ1) is 9.84. The van der Waals surface area contributed by atoms with Crippen LogP contribution in [0.4, 0.5) is 0 Å². The lowest BCUT2D eigenvalue weighted by atomic mass is 10.3. The summed E-state index contributed by atoms with van der Waals surface area (Å²) in [4.78, 5) is 11.4. The number of ether oxygens (including phenoxy) is 1. The van der Waals surface area contributed by atoms with E-state index in [1.54, 1.807) is 13.0 Å². The molecule has 0 N–H and O–H groups in total. The molecule has 0 radical (unpaired) electrons. The third-order valence-corrected chi connectivity index (χ3v) is 1.82. The van der Waals surface area contributed by atoms with Crippen molar-refractivity contribution < 1.29 is 9.53 Å². The standard InChI is InChI=1S/C10H15NO2/c1-4-13-10(12)9-6-5-7-11(9)8(2)3/h5-8H,4H2,1-3H3. The largest absolute Gasteiger partial charge is 0.461 e. The molecule has 0 saturated carbocycles. The molecule has 3 nitrogen and oxygen atoms in total. The van der Waals surface area contributed by atoms with E-state index in [0.717, 1.165) is 0 Å². The Bertz CT molecular complexity index is 289. The SMILES string of the molecule is CCOC(=O)c1cccn1C(C)C. The van der Waals surface area contributed by atoms with Crippen LogP contribution in [0.15, 0.2) is 18.3 Å². The van der Waals surface area contributed by atoms with Gasteiger partial charge in [-0.15, -0.1) is 0 Å².